The highest BCUT2D eigenvalue weighted by Gasteiger charge is 2.27. The zero-order chi connectivity index (χ0) is 39.2. The molecule has 0 unspecified atom stereocenters. The molecule has 0 heterocycles. The van der Waals surface area contributed by atoms with Crippen LogP contribution in [0, 0.1) is 0 Å². The summed E-state index contributed by atoms with van der Waals surface area (Å²) >= 11 is 0. The summed E-state index contributed by atoms with van der Waals surface area (Å²) in [5, 5.41) is 35.6. The maximum Gasteiger partial charge on any atom is 0.162 e. The number of phenols is 1. The van der Waals surface area contributed by atoms with Gasteiger partial charge >= 0.3 is 0 Å². The average Bonchev–Trinajstić information content (AvgIpc) is 3.27. The van der Waals surface area contributed by atoms with Crippen molar-refractivity contribution in [3.63, 3.8) is 0 Å². The predicted molar refractivity (Wildman–Crippen MR) is 222 cm³/mol. The molecule has 0 bridgehead atoms. The van der Waals surface area contributed by atoms with E-state index in [0.29, 0.717) is 52.7 Å². The van der Waals surface area contributed by atoms with Gasteiger partial charge in [0.2, 0.25) is 0 Å². The number of aromatic hydroxyl groups is 1. The Bertz CT molecular complexity index is 2280. The first kappa shape index (κ1) is 38.7. The monoisotopic (exact) mass is 758 g/mol. The van der Waals surface area contributed by atoms with E-state index in [1.54, 1.807) is 24.3 Å². The lowest BCUT2D eigenvalue weighted by Crippen LogP contribution is -2.22. The number of aliphatic hydroxyl groups excluding tert-OH is 2. The second-order valence-electron chi connectivity index (χ2n) is 13.9. The highest BCUT2D eigenvalue weighted by molar-refractivity contribution is 5.58. The van der Waals surface area contributed by atoms with E-state index in [9.17, 15) is 15.3 Å². The number of benzene rings is 7. The molecule has 0 radical (unpaired) electrons. The van der Waals surface area contributed by atoms with Gasteiger partial charge in [-0.1, -0.05) is 158 Å². The molecule has 0 fully saturated rings. The van der Waals surface area contributed by atoms with Crippen LogP contribution in [0.25, 0.3) is 0 Å². The Labute approximate surface area is 334 Å². The van der Waals surface area contributed by atoms with Crippen molar-refractivity contribution >= 4 is 0 Å². The Hall–Kier alpha value is -6.54. The molecule has 7 aromatic carbocycles. The summed E-state index contributed by atoms with van der Waals surface area (Å²) < 4.78 is 25.2. The Balaban J connectivity index is 1.19. The Morgan fingerprint density at radius 2 is 0.772 bits per heavy atom. The van der Waals surface area contributed by atoms with Crippen molar-refractivity contribution in [1.29, 1.82) is 0 Å². The van der Waals surface area contributed by atoms with Crippen LogP contribution in [0.1, 0.15) is 50.6 Å². The lowest BCUT2D eigenvalue weighted by molar-refractivity contribution is 0.0180. The minimum absolute atomic E-state index is 0.0599. The van der Waals surface area contributed by atoms with E-state index in [0.717, 1.165) is 27.8 Å². The summed E-state index contributed by atoms with van der Waals surface area (Å²) in [6.07, 6.45) is -2.44. The molecule has 0 spiro atoms. The smallest absolute Gasteiger partial charge is 0.162 e. The number of phenolic OH excluding ortho intramolecular Hbond substituents is 1. The summed E-state index contributed by atoms with van der Waals surface area (Å²) in [6, 6.07) is 55.9. The molecule has 3 N–H and O–H groups in total. The van der Waals surface area contributed by atoms with Crippen LogP contribution in [0.2, 0.25) is 0 Å². The van der Waals surface area contributed by atoms with Gasteiger partial charge in [0.1, 0.15) is 49.8 Å². The fourth-order valence-corrected chi connectivity index (χ4v) is 6.56. The van der Waals surface area contributed by atoms with Crippen LogP contribution >= 0.6 is 0 Å². The van der Waals surface area contributed by atoms with E-state index in [4.69, 9.17) is 18.9 Å². The maximum absolute atomic E-state index is 12.1. The molecule has 0 saturated heterocycles. The lowest BCUT2D eigenvalue weighted by Gasteiger charge is -2.24. The second kappa shape index (κ2) is 19.4. The normalized spacial score (nSPS) is 12.0. The quantitative estimate of drug-likeness (QED) is 0.0802. The molecule has 7 heteroatoms. The lowest BCUT2D eigenvalue weighted by atomic mass is 9.93. The van der Waals surface area contributed by atoms with Gasteiger partial charge in [0, 0.05) is 30.0 Å². The van der Waals surface area contributed by atoms with Gasteiger partial charge in [-0.2, -0.15) is 0 Å². The predicted octanol–water partition coefficient (Wildman–Crippen LogP) is 9.94. The number of rotatable bonds is 18. The number of hydrogen-bond acceptors (Lipinski definition) is 7. The van der Waals surface area contributed by atoms with E-state index >= 15 is 0 Å². The largest absolute Gasteiger partial charge is 0.507 e. The van der Waals surface area contributed by atoms with Gasteiger partial charge in [-0.25, -0.2) is 0 Å². The fraction of sp³-hybridized carbons (Fsp3) is 0.160. The molecular formula is C50H46O7. The van der Waals surface area contributed by atoms with Crippen molar-refractivity contribution in [3.8, 4) is 28.7 Å². The van der Waals surface area contributed by atoms with Crippen LogP contribution in [-0.4, -0.2) is 21.4 Å². The Morgan fingerprint density at radius 3 is 1.23 bits per heavy atom. The van der Waals surface area contributed by atoms with Crippen LogP contribution < -0.4 is 18.9 Å². The molecule has 57 heavy (non-hydrogen) atoms. The summed E-state index contributed by atoms with van der Waals surface area (Å²) in [6.45, 7) is 1.10. The molecule has 0 saturated carbocycles. The van der Waals surface area contributed by atoms with Gasteiger partial charge < -0.3 is 34.3 Å². The molecule has 0 aromatic heterocycles. The second-order valence-corrected chi connectivity index (χ2v) is 13.9. The molecule has 0 aliphatic heterocycles. The molecule has 7 nitrogen and oxygen atoms in total. The standard InChI is InChI=1S/C50H46O7/c51-44(49(52)41-26-27-45(54-32-37-18-8-2-9-19-37)48(29-41)57-35-40-24-14-5-15-25-40)30-43-47(56-34-39-22-12-4-13-23-39)31-46(55-33-38-20-10-3-11-21-38)42(50(43)53)28-36-16-6-1-7-17-36/h1-27,29,31,44,49,51-53H,28,30,32-35H2/t44-,49-/m1/s1. The van der Waals surface area contributed by atoms with Gasteiger partial charge in [-0.3, -0.25) is 0 Å². The molecule has 2 atom stereocenters. The van der Waals surface area contributed by atoms with Gasteiger partial charge in [-0.05, 0) is 45.5 Å². The van der Waals surface area contributed by atoms with Crippen molar-refractivity contribution in [2.45, 2.75) is 51.5 Å². The zero-order valence-electron chi connectivity index (χ0n) is 31.6. The SMILES string of the molecule is Oc1c(Cc2ccccc2)c(OCc2ccccc2)cc(OCc2ccccc2)c1C[C@@H](O)[C@H](O)c1ccc(OCc2ccccc2)c(OCc2ccccc2)c1. The number of aliphatic hydroxyl groups is 2. The number of ether oxygens (including phenoxy) is 4. The van der Waals surface area contributed by atoms with E-state index in [2.05, 4.69) is 0 Å². The van der Waals surface area contributed by atoms with Crippen molar-refractivity contribution in [1.82, 2.24) is 0 Å². The third-order valence-corrected chi connectivity index (χ3v) is 9.69. The molecule has 0 aliphatic carbocycles. The zero-order valence-corrected chi connectivity index (χ0v) is 31.6. The van der Waals surface area contributed by atoms with Gasteiger partial charge in [-0.15, -0.1) is 0 Å². The molecule has 0 aliphatic rings. The molecule has 7 rings (SSSR count). The summed E-state index contributed by atoms with van der Waals surface area (Å²) in [7, 11) is 0. The van der Waals surface area contributed by atoms with Crippen molar-refractivity contribution in [3.05, 3.63) is 220 Å². The minimum atomic E-state index is -1.35. The first-order valence-electron chi connectivity index (χ1n) is 19.1. The van der Waals surface area contributed by atoms with E-state index in [1.165, 1.54) is 0 Å². The first-order valence-corrected chi connectivity index (χ1v) is 19.1. The highest BCUT2D eigenvalue weighted by Crippen LogP contribution is 2.43. The summed E-state index contributed by atoms with van der Waals surface area (Å²) in [5.41, 5.74) is 6.19. The fourth-order valence-electron chi connectivity index (χ4n) is 6.56. The highest BCUT2D eigenvalue weighted by atomic mass is 16.5. The first-order chi connectivity index (χ1) is 28.0. The Kier molecular flexibility index (Phi) is 13.2. The van der Waals surface area contributed by atoms with E-state index in [-0.39, 0.29) is 32.0 Å². The van der Waals surface area contributed by atoms with Crippen molar-refractivity contribution in [2.24, 2.45) is 0 Å². The molecule has 0 amide bonds. The summed E-state index contributed by atoms with van der Waals surface area (Å²) in [5.74, 6) is 1.69. The van der Waals surface area contributed by atoms with Crippen LogP contribution in [0.4, 0.5) is 0 Å². The van der Waals surface area contributed by atoms with E-state index in [1.807, 2.05) is 152 Å². The van der Waals surface area contributed by atoms with Crippen LogP contribution in [0.3, 0.4) is 0 Å². The third kappa shape index (κ3) is 10.6. The summed E-state index contributed by atoms with van der Waals surface area (Å²) in [4.78, 5) is 0. The van der Waals surface area contributed by atoms with Crippen LogP contribution in [-0.2, 0) is 39.3 Å². The molecule has 288 valence electrons. The van der Waals surface area contributed by atoms with Gasteiger partial charge in [0.15, 0.2) is 11.5 Å². The molecule has 7 aromatic rings. The van der Waals surface area contributed by atoms with Gasteiger partial charge in [0.25, 0.3) is 0 Å². The van der Waals surface area contributed by atoms with Gasteiger partial charge in [0.05, 0.1) is 6.10 Å². The van der Waals surface area contributed by atoms with Crippen molar-refractivity contribution < 1.29 is 34.3 Å². The topological polar surface area (TPSA) is 97.6 Å². The van der Waals surface area contributed by atoms with Crippen molar-refractivity contribution in [2.75, 3.05) is 0 Å². The average molecular weight is 759 g/mol. The maximum atomic E-state index is 12.1. The Morgan fingerprint density at radius 1 is 0.386 bits per heavy atom. The number of hydrogen-bond donors (Lipinski definition) is 3. The molecular weight excluding hydrogens is 713 g/mol. The van der Waals surface area contributed by atoms with E-state index < -0.39 is 12.2 Å². The minimum Gasteiger partial charge on any atom is -0.507 e. The van der Waals surface area contributed by atoms with Crippen LogP contribution in [0.5, 0.6) is 28.7 Å². The third-order valence-electron chi connectivity index (χ3n) is 9.69. The van der Waals surface area contributed by atoms with Crippen LogP contribution in [0.15, 0.2) is 176 Å².